The van der Waals surface area contributed by atoms with Gasteiger partial charge in [-0.05, 0) is 19.9 Å². The van der Waals surface area contributed by atoms with Crippen LogP contribution in [0.5, 0.6) is 0 Å². The molecule has 0 spiro atoms. The van der Waals surface area contributed by atoms with E-state index in [0.29, 0.717) is 19.5 Å². The number of aryl methyl sites for hydroxylation is 1. The van der Waals surface area contributed by atoms with Gasteiger partial charge in [-0.3, -0.25) is 9.48 Å². The Balaban J connectivity index is 2.56. The molecular weight excluding hydrogens is 196 g/mol. The van der Waals surface area contributed by atoms with Crippen LogP contribution in [0.1, 0.15) is 20.3 Å². The first-order valence-electron chi connectivity index (χ1n) is 4.89. The standard InChI is InChI=1S/C9H16N4O2/c1-3-11-9(2,8(14)15)4-5-13-7-10-6-12-13/h6-7,11H,3-5H2,1-2H3,(H,14,15). The summed E-state index contributed by atoms with van der Waals surface area (Å²) in [5.41, 5.74) is -0.902. The lowest BCUT2D eigenvalue weighted by atomic mass is 9.98. The van der Waals surface area contributed by atoms with Crippen molar-refractivity contribution in [1.82, 2.24) is 20.1 Å². The first-order chi connectivity index (χ1) is 7.08. The van der Waals surface area contributed by atoms with Gasteiger partial charge in [0.2, 0.25) is 0 Å². The average Bonchev–Trinajstić information content (AvgIpc) is 2.67. The van der Waals surface area contributed by atoms with Gasteiger partial charge in [0.1, 0.15) is 18.2 Å². The minimum absolute atomic E-state index is 0.472. The van der Waals surface area contributed by atoms with E-state index in [1.165, 1.54) is 6.33 Å². The van der Waals surface area contributed by atoms with Crippen molar-refractivity contribution in [3.05, 3.63) is 12.7 Å². The first-order valence-corrected chi connectivity index (χ1v) is 4.89. The Labute approximate surface area is 88.3 Å². The molecular formula is C9H16N4O2. The molecule has 2 N–H and O–H groups in total. The molecule has 0 aliphatic heterocycles. The molecule has 0 amide bonds. The van der Waals surface area contributed by atoms with Gasteiger partial charge in [0.05, 0.1) is 0 Å². The average molecular weight is 212 g/mol. The molecule has 6 nitrogen and oxygen atoms in total. The van der Waals surface area contributed by atoms with Crippen LogP contribution in [0.4, 0.5) is 0 Å². The zero-order valence-corrected chi connectivity index (χ0v) is 8.97. The van der Waals surface area contributed by atoms with E-state index in [1.807, 2.05) is 6.92 Å². The van der Waals surface area contributed by atoms with Gasteiger partial charge in [-0.25, -0.2) is 4.98 Å². The van der Waals surface area contributed by atoms with Crippen molar-refractivity contribution >= 4 is 5.97 Å². The van der Waals surface area contributed by atoms with Crippen LogP contribution in [0, 0.1) is 0 Å². The second-order valence-corrected chi connectivity index (χ2v) is 3.58. The number of nitrogens with one attached hydrogen (secondary N) is 1. The lowest BCUT2D eigenvalue weighted by molar-refractivity contribution is -0.144. The quantitative estimate of drug-likeness (QED) is 0.700. The molecule has 0 bridgehead atoms. The van der Waals surface area contributed by atoms with E-state index < -0.39 is 11.5 Å². The lowest BCUT2D eigenvalue weighted by Gasteiger charge is -2.25. The lowest BCUT2D eigenvalue weighted by Crippen LogP contribution is -2.50. The van der Waals surface area contributed by atoms with E-state index in [0.717, 1.165) is 0 Å². The summed E-state index contributed by atoms with van der Waals surface area (Å²) in [6, 6.07) is 0. The minimum Gasteiger partial charge on any atom is -0.480 e. The fraction of sp³-hybridized carbons (Fsp3) is 0.667. The van der Waals surface area contributed by atoms with E-state index in [4.69, 9.17) is 5.11 Å². The number of nitrogens with zero attached hydrogens (tertiary/aromatic N) is 3. The Morgan fingerprint density at radius 2 is 2.40 bits per heavy atom. The number of carbonyl (C=O) groups is 1. The maximum absolute atomic E-state index is 11.1. The number of rotatable bonds is 6. The van der Waals surface area contributed by atoms with Crippen molar-refractivity contribution in [2.75, 3.05) is 6.54 Å². The molecule has 15 heavy (non-hydrogen) atoms. The van der Waals surface area contributed by atoms with Crippen LogP contribution >= 0.6 is 0 Å². The first kappa shape index (κ1) is 11.6. The summed E-state index contributed by atoms with van der Waals surface area (Å²) in [6.45, 7) is 4.72. The Bertz CT molecular complexity index is 312. The number of aliphatic carboxylic acids is 1. The molecule has 0 radical (unpaired) electrons. The van der Waals surface area contributed by atoms with Gasteiger partial charge in [0, 0.05) is 6.54 Å². The monoisotopic (exact) mass is 212 g/mol. The Kier molecular flexibility index (Phi) is 3.79. The molecule has 0 saturated carbocycles. The van der Waals surface area contributed by atoms with Gasteiger partial charge in [-0.1, -0.05) is 6.92 Å². The smallest absolute Gasteiger partial charge is 0.323 e. The van der Waals surface area contributed by atoms with Crippen molar-refractivity contribution in [2.24, 2.45) is 0 Å². The number of carboxylic acids is 1. The van der Waals surface area contributed by atoms with Crippen LogP contribution in [0.3, 0.4) is 0 Å². The molecule has 84 valence electrons. The number of hydrogen-bond acceptors (Lipinski definition) is 4. The normalized spacial score (nSPS) is 14.8. The predicted octanol–water partition coefficient (Wildman–Crippen LogP) is 0.121. The zero-order chi connectivity index (χ0) is 11.3. The fourth-order valence-corrected chi connectivity index (χ4v) is 1.35. The third-order valence-electron chi connectivity index (χ3n) is 2.35. The minimum atomic E-state index is -0.902. The molecule has 6 heteroatoms. The summed E-state index contributed by atoms with van der Waals surface area (Å²) in [4.78, 5) is 14.9. The van der Waals surface area contributed by atoms with Crippen molar-refractivity contribution in [3.63, 3.8) is 0 Å². The largest absolute Gasteiger partial charge is 0.480 e. The van der Waals surface area contributed by atoms with Crippen LogP contribution in [0.15, 0.2) is 12.7 Å². The van der Waals surface area contributed by atoms with Crippen molar-refractivity contribution < 1.29 is 9.90 Å². The van der Waals surface area contributed by atoms with E-state index >= 15 is 0 Å². The highest BCUT2D eigenvalue weighted by molar-refractivity contribution is 5.78. The second kappa shape index (κ2) is 4.88. The van der Waals surface area contributed by atoms with E-state index in [9.17, 15) is 4.79 Å². The zero-order valence-electron chi connectivity index (χ0n) is 8.97. The summed E-state index contributed by atoms with van der Waals surface area (Å²) in [5.74, 6) is -0.843. The van der Waals surface area contributed by atoms with Crippen LogP contribution in [0.2, 0.25) is 0 Å². The third-order valence-corrected chi connectivity index (χ3v) is 2.35. The van der Waals surface area contributed by atoms with Gasteiger partial charge in [-0.2, -0.15) is 5.10 Å². The van der Waals surface area contributed by atoms with E-state index in [-0.39, 0.29) is 0 Å². The van der Waals surface area contributed by atoms with Gasteiger partial charge >= 0.3 is 5.97 Å². The number of likely N-dealkylation sites (N-methyl/N-ethyl adjacent to an activating group) is 1. The number of aromatic nitrogens is 3. The molecule has 0 saturated heterocycles. The SMILES string of the molecule is CCNC(C)(CCn1cncn1)C(=O)O. The maximum Gasteiger partial charge on any atom is 0.323 e. The molecule has 1 rings (SSSR count). The van der Waals surface area contributed by atoms with Crippen molar-refractivity contribution in [3.8, 4) is 0 Å². The molecule has 0 aliphatic carbocycles. The van der Waals surface area contributed by atoms with Gasteiger partial charge in [-0.15, -0.1) is 0 Å². The topological polar surface area (TPSA) is 80.0 Å². The highest BCUT2D eigenvalue weighted by Crippen LogP contribution is 2.10. The third kappa shape index (κ3) is 3.02. The summed E-state index contributed by atoms with van der Waals surface area (Å²) < 4.78 is 1.62. The van der Waals surface area contributed by atoms with Crippen molar-refractivity contribution in [2.45, 2.75) is 32.4 Å². The summed E-state index contributed by atoms with van der Waals surface area (Å²) in [7, 11) is 0. The predicted molar refractivity (Wildman–Crippen MR) is 54.4 cm³/mol. The molecule has 1 aromatic heterocycles. The Morgan fingerprint density at radius 3 is 2.87 bits per heavy atom. The summed E-state index contributed by atoms with van der Waals surface area (Å²) >= 11 is 0. The molecule has 0 aliphatic rings. The molecule has 0 fully saturated rings. The van der Waals surface area contributed by atoms with Crippen LogP contribution in [-0.2, 0) is 11.3 Å². The summed E-state index contributed by atoms with van der Waals surface area (Å²) in [6.07, 6.45) is 3.49. The van der Waals surface area contributed by atoms with Crippen LogP contribution in [0.25, 0.3) is 0 Å². The van der Waals surface area contributed by atoms with E-state index in [1.54, 1.807) is 17.9 Å². The van der Waals surface area contributed by atoms with Gasteiger partial charge < -0.3 is 10.4 Å². The van der Waals surface area contributed by atoms with Crippen LogP contribution in [-0.4, -0.2) is 37.9 Å². The number of hydrogen-bond donors (Lipinski definition) is 2. The van der Waals surface area contributed by atoms with Gasteiger partial charge in [0.25, 0.3) is 0 Å². The van der Waals surface area contributed by atoms with E-state index in [2.05, 4.69) is 15.4 Å². The fourth-order valence-electron chi connectivity index (χ4n) is 1.35. The highest BCUT2D eigenvalue weighted by Gasteiger charge is 2.31. The molecule has 1 unspecified atom stereocenters. The Morgan fingerprint density at radius 1 is 1.67 bits per heavy atom. The highest BCUT2D eigenvalue weighted by atomic mass is 16.4. The second-order valence-electron chi connectivity index (χ2n) is 3.58. The maximum atomic E-state index is 11.1. The van der Waals surface area contributed by atoms with Gasteiger partial charge in [0.15, 0.2) is 0 Å². The molecule has 1 heterocycles. The van der Waals surface area contributed by atoms with Crippen molar-refractivity contribution in [1.29, 1.82) is 0 Å². The summed E-state index contributed by atoms with van der Waals surface area (Å²) in [5, 5.41) is 16.0. The Hall–Kier alpha value is -1.43. The van der Waals surface area contributed by atoms with Crippen LogP contribution < -0.4 is 5.32 Å². The molecule has 1 atom stereocenters. The number of carboxylic acid groups (broad SMARTS) is 1. The molecule has 1 aromatic rings. The molecule has 0 aromatic carbocycles.